The Labute approximate surface area is 134 Å². The number of amides is 1. The second-order valence-corrected chi connectivity index (χ2v) is 5.03. The topological polar surface area (TPSA) is 64.8 Å². The minimum absolute atomic E-state index is 0. The zero-order valence-corrected chi connectivity index (χ0v) is 14.1. The monoisotopic (exact) mass is 398 g/mol. The number of benzene rings is 1. The molecule has 0 saturated carbocycles. The third-order valence-electron chi connectivity index (χ3n) is 2.37. The lowest BCUT2D eigenvalue weighted by Crippen LogP contribution is -2.24. The summed E-state index contributed by atoms with van der Waals surface area (Å²) < 4.78 is 11.0. The van der Waals surface area contributed by atoms with Gasteiger partial charge in [-0.25, -0.2) is 4.79 Å². The molecule has 0 unspecified atom stereocenters. The lowest BCUT2D eigenvalue weighted by atomic mass is 10.3. The third kappa shape index (κ3) is 6.35. The summed E-state index contributed by atoms with van der Waals surface area (Å²) in [6, 6.07) is 7.92. The highest BCUT2D eigenvalue weighted by atomic mass is 127. The van der Waals surface area contributed by atoms with E-state index in [0.29, 0.717) is 13.1 Å². The fourth-order valence-corrected chi connectivity index (χ4v) is 1.70. The van der Waals surface area contributed by atoms with Crippen LogP contribution in [-0.2, 0) is 4.74 Å². The summed E-state index contributed by atoms with van der Waals surface area (Å²) in [5.74, 6) is 0.912. The van der Waals surface area contributed by atoms with E-state index in [1.165, 1.54) is 8.47 Å². The van der Waals surface area contributed by atoms with Gasteiger partial charge >= 0.3 is 6.09 Å². The van der Waals surface area contributed by atoms with E-state index in [1.807, 2.05) is 24.3 Å². The Hall–Kier alpha value is -0.670. The fourth-order valence-electron chi connectivity index (χ4n) is 1.34. The summed E-state index contributed by atoms with van der Waals surface area (Å²) in [5.41, 5.74) is 5.25. The van der Waals surface area contributed by atoms with E-state index in [-0.39, 0.29) is 25.7 Å². The van der Waals surface area contributed by atoms with Gasteiger partial charge in [0.25, 0.3) is 0 Å². The molecule has 19 heavy (non-hydrogen) atoms. The van der Waals surface area contributed by atoms with Gasteiger partial charge in [-0.3, -0.25) is 0 Å². The number of cyclic esters (lactones) is 1. The molecule has 1 atom stereocenters. The average molecular weight is 398 g/mol. The summed E-state index contributed by atoms with van der Waals surface area (Å²) in [7, 11) is 3.36. The molecular formula is C12H19IN2O3S. The van der Waals surface area contributed by atoms with E-state index in [4.69, 9.17) is 15.2 Å². The van der Waals surface area contributed by atoms with Crippen LogP contribution < -0.4 is 10.5 Å². The van der Waals surface area contributed by atoms with Gasteiger partial charge in [0, 0.05) is 17.2 Å². The Balaban J connectivity index is 0.000000324. The Morgan fingerprint density at radius 1 is 1.47 bits per heavy atom. The summed E-state index contributed by atoms with van der Waals surface area (Å²) in [6.07, 6.45) is -0.368. The number of nitrogens with two attached hydrogens (primary N) is 1. The highest BCUT2D eigenvalue weighted by Crippen LogP contribution is 2.12. The van der Waals surface area contributed by atoms with Gasteiger partial charge < -0.3 is 20.1 Å². The van der Waals surface area contributed by atoms with Crippen molar-refractivity contribution in [1.82, 2.24) is 4.90 Å². The van der Waals surface area contributed by atoms with Gasteiger partial charge in [-0.1, -0.05) is 0 Å². The van der Waals surface area contributed by atoms with Crippen LogP contribution in [0.2, 0.25) is 0 Å². The molecule has 1 aromatic carbocycles. The minimum atomic E-state index is -0.273. The molecule has 1 aromatic rings. The largest absolute Gasteiger partial charge is 0.497 e. The maximum atomic E-state index is 10.6. The lowest BCUT2D eigenvalue weighted by molar-refractivity contribution is 0.137. The summed E-state index contributed by atoms with van der Waals surface area (Å²) in [4.78, 5) is 12.1. The molecule has 2 rings (SSSR count). The lowest BCUT2D eigenvalue weighted by Gasteiger charge is -2.01. The van der Waals surface area contributed by atoms with Gasteiger partial charge in [0.05, 0.1) is 13.7 Å². The van der Waals surface area contributed by atoms with Crippen molar-refractivity contribution in [3.63, 3.8) is 0 Å². The average Bonchev–Trinajstić information content (AvgIpc) is 2.71. The molecule has 1 fully saturated rings. The van der Waals surface area contributed by atoms with E-state index in [2.05, 4.69) is 22.6 Å². The van der Waals surface area contributed by atoms with Crippen molar-refractivity contribution in [2.45, 2.75) is 6.10 Å². The number of likely N-dealkylation sites (N-methyl/N-ethyl adjacent to an activating group) is 1. The molecule has 0 aromatic heterocycles. The van der Waals surface area contributed by atoms with Crippen LogP contribution in [-0.4, -0.2) is 44.3 Å². The number of carbonyl (C=O) groups excluding carboxylic acids is 1. The van der Waals surface area contributed by atoms with Crippen molar-refractivity contribution in [1.29, 1.82) is 0 Å². The summed E-state index contributed by atoms with van der Waals surface area (Å²) in [6.45, 7) is 1.03. The van der Waals surface area contributed by atoms with Gasteiger partial charge in [-0.15, -0.1) is 0 Å². The van der Waals surface area contributed by atoms with Crippen molar-refractivity contribution in [2.24, 2.45) is 5.73 Å². The van der Waals surface area contributed by atoms with E-state index in [0.717, 1.165) is 5.75 Å². The predicted octanol–water partition coefficient (Wildman–Crippen LogP) is 1.81. The molecule has 0 bridgehead atoms. The first kappa shape index (κ1) is 18.3. The molecule has 0 spiro atoms. The number of hydrogen-bond donors (Lipinski definition) is 1. The molecular weight excluding hydrogens is 379 g/mol. The van der Waals surface area contributed by atoms with Crippen LogP contribution in [0.3, 0.4) is 0 Å². The Bertz CT molecular complexity index is 389. The molecule has 108 valence electrons. The molecule has 7 heteroatoms. The molecule has 1 saturated heterocycles. The minimum Gasteiger partial charge on any atom is -0.497 e. The van der Waals surface area contributed by atoms with Gasteiger partial charge in [0.15, 0.2) is 0 Å². The van der Waals surface area contributed by atoms with Gasteiger partial charge in [0.1, 0.15) is 11.9 Å². The number of rotatable bonds is 2. The smallest absolute Gasteiger partial charge is 0.410 e. The van der Waals surface area contributed by atoms with Crippen molar-refractivity contribution >= 4 is 42.2 Å². The van der Waals surface area contributed by atoms with Crippen LogP contribution in [0.5, 0.6) is 5.75 Å². The summed E-state index contributed by atoms with van der Waals surface area (Å²) in [5, 5.41) is 0. The van der Waals surface area contributed by atoms with Crippen molar-refractivity contribution in [3.05, 3.63) is 27.8 Å². The van der Waals surface area contributed by atoms with Crippen molar-refractivity contribution in [2.75, 3.05) is 27.2 Å². The maximum Gasteiger partial charge on any atom is 0.410 e. The molecule has 0 radical (unpaired) electrons. The molecule has 1 amide bonds. The van der Waals surface area contributed by atoms with Gasteiger partial charge in [-0.05, 0) is 46.9 Å². The van der Waals surface area contributed by atoms with Crippen molar-refractivity contribution in [3.8, 4) is 5.75 Å². The number of halogens is 1. The molecule has 5 nitrogen and oxygen atoms in total. The molecule has 1 aliphatic rings. The zero-order valence-electron chi connectivity index (χ0n) is 10.9. The third-order valence-corrected chi connectivity index (χ3v) is 3.09. The Morgan fingerprint density at radius 3 is 2.37 bits per heavy atom. The number of ether oxygens (including phenoxy) is 2. The van der Waals surface area contributed by atoms with E-state index in [9.17, 15) is 4.79 Å². The van der Waals surface area contributed by atoms with Crippen molar-refractivity contribution < 1.29 is 14.3 Å². The molecule has 1 heterocycles. The number of hydrogen-bond acceptors (Lipinski definition) is 4. The normalized spacial score (nSPS) is 16.9. The molecule has 0 aliphatic carbocycles. The second-order valence-electron chi connectivity index (χ2n) is 3.78. The van der Waals surface area contributed by atoms with Gasteiger partial charge in [0.2, 0.25) is 0 Å². The molecule has 2 N–H and O–H groups in total. The predicted molar refractivity (Wildman–Crippen MR) is 88.0 cm³/mol. The first-order valence-electron chi connectivity index (χ1n) is 5.48. The quantitative estimate of drug-likeness (QED) is 0.772. The number of carbonyl (C=O) groups is 1. The van der Waals surface area contributed by atoms with Crippen LogP contribution in [0.4, 0.5) is 4.79 Å². The standard InChI is InChI=1S/C7H7IO.C5H10N2O2.H2S/c1-9-7-4-2-6(8)3-5-7;1-7-3-4(2-6)9-5(7)8;/h2-5H,1H3;4H,2-3,6H2,1H3;1H2/t;4-;/m.0./s1. The van der Waals surface area contributed by atoms with Gasteiger partial charge in [-0.2, -0.15) is 13.5 Å². The second kappa shape index (κ2) is 9.27. The van der Waals surface area contributed by atoms with Crippen LogP contribution in [0, 0.1) is 3.57 Å². The van der Waals surface area contributed by atoms with E-state index >= 15 is 0 Å². The number of methoxy groups -OCH3 is 1. The SMILES string of the molecule is CN1C[C@H](CN)OC1=O.COc1ccc(I)cc1.S. The first-order chi connectivity index (χ1) is 8.56. The highest BCUT2D eigenvalue weighted by Gasteiger charge is 2.26. The zero-order chi connectivity index (χ0) is 13.5. The maximum absolute atomic E-state index is 10.6. The van der Waals surface area contributed by atoms with Crippen LogP contribution in [0.15, 0.2) is 24.3 Å². The number of nitrogens with zero attached hydrogens (tertiary/aromatic N) is 1. The Morgan fingerprint density at radius 2 is 2.05 bits per heavy atom. The van der Waals surface area contributed by atoms with Crippen LogP contribution >= 0.6 is 36.1 Å². The first-order valence-corrected chi connectivity index (χ1v) is 6.56. The Kier molecular flexibility index (Phi) is 8.94. The fraction of sp³-hybridized carbons (Fsp3) is 0.417. The highest BCUT2D eigenvalue weighted by molar-refractivity contribution is 14.1. The van der Waals surface area contributed by atoms with E-state index < -0.39 is 0 Å². The van der Waals surface area contributed by atoms with Crippen LogP contribution in [0.25, 0.3) is 0 Å². The summed E-state index contributed by atoms with van der Waals surface area (Å²) >= 11 is 2.26. The molecule has 1 aliphatic heterocycles. The van der Waals surface area contributed by atoms with Crippen LogP contribution in [0.1, 0.15) is 0 Å². The van der Waals surface area contributed by atoms with E-state index in [1.54, 1.807) is 14.2 Å².